The van der Waals surface area contributed by atoms with Gasteiger partial charge in [0, 0.05) is 17.9 Å². The molecule has 0 amide bonds. The molecule has 1 atom stereocenters. The third kappa shape index (κ3) is 1.48. The van der Waals surface area contributed by atoms with Crippen molar-refractivity contribution in [1.29, 1.82) is 0 Å². The van der Waals surface area contributed by atoms with Gasteiger partial charge in [-0.3, -0.25) is 9.59 Å². The van der Waals surface area contributed by atoms with Gasteiger partial charge < -0.3 is 4.74 Å². The van der Waals surface area contributed by atoms with E-state index >= 15 is 0 Å². The predicted octanol–water partition coefficient (Wildman–Crippen LogP) is 0.872. The Morgan fingerprint density at radius 2 is 2.33 bits per heavy atom. The van der Waals surface area contributed by atoms with Crippen molar-refractivity contribution in [1.82, 2.24) is 0 Å². The van der Waals surface area contributed by atoms with E-state index < -0.39 is 11.4 Å². The molecule has 0 bridgehead atoms. The van der Waals surface area contributed by atoms with Crippen LogP contribution in [0.5, 0.6) is 0 Å². The fourth-order valence-corrected chi connectivity index (χ4v) is 2.36. The summed E-state index contributed by atoms with van der Waals surface area (Å²) in [4.78, 5) is 22.6. The first kappa shape index (κ1) is 9.58. The van der Waals surface area contributed by atoms with E-state index in [1.807, 2.05) is 0 Å². The minimum Gasteiger partial charge on any atom is -0.468 e. The molecule has 12 heavy (non-hydrogen) atoms. The summed E-state index contributed by atoms with van der Waals surface area (Å²) in [6.45, 7) is 1.66. The molecular formula is C8H12O3S. The fraction of sp³-hybridized carbons (Fsp3) is 0.750. The van der Waals surface area contributed by atoms with E-state index in [2.05, 4.69) is 4.74 Å². The standard InChI is InChI=1S/C8H12O3S/c1-8(7(10)11-2)5-12-4-3-6(8)9/h3-5H2,1-2H3. The number of hydrogen-bond acceptors (Lipinski definition) is 4. The zero-order chi connectivity index (χ0) is 9.19. The molecule has 1 aliphatic heterocycles. The second-order valence-electron chi connectivity index (χ2n) is 3.05. The second-order valence-corrected chi connectivity index (χ2v) is 4.15. The Balaban J connectivity index is 2.79. The number of ether oxygens (including phenoxy) is 1. The van der Waals surface area contributed by atoms with Crippen molar-refractivity contribution in [2.45, 2.75) is 13.3 Å². The first-order valence-electron chi connectivity index (χ1n) is 3.81. The highest BCUT2D eigenvalue weighted by molar-refractivity contribution is 7.99. The lowest BCUT2D eigenvalue weighted by atomic mass is 9.86. The maximum atomic E-state index is 11.4. The maximum Gasteiger partial charge on any atom is 0.319 e. The van der Waals surface area contributed by atoms with Gasteiger partial charge in [-0.05, 0) is 6.92 Å². The van der Waals surface area contributed by atoms with Crippen molar-refractivity contribution in [3.63, 3.8) is 0 Å². The summed E-state index contributed by atoms with van der Waals surface area (Å²) >= 11 is 1.63. The van der Waals surface area contributed by atoms with Gasteiger partial charge in [-0.25, -0.2) is 0 Å². The second kappa shape index (κ2) is 3.47. The Morgan fingerprint density at radius 1 is 1.67 bits per heavy atom. The van der Waals surface area contributed by atoms with Crippen molar-refractivity contribution in [3.05, 3.63) is 0 Å². The molecule has 1 rings (SSSR count). The first-order valence-corrected chi connectivity index (χ1v) is 4.96. The monoisotopic (exact) mass is 188 g/mol. The molecule has 0 spiro atoms. The van der Waals surface area contributed by atoms with Gasteiger partial charge in [0.05, 0.1) is 7.11 Å². The summed E-state index contributed by atoms with van der Waals surface area (Å²) < 4.78 is 4.59. The summed E-state index contributed by atoms with van der Waals surface area (Å²) in [5.41, 5.74) is -0.891. The molecule has 0 radical (unpaired) electrons. The van der Waals surface area contributed by atoms with Crippen molar-refractivity contribution in [2.24, 2.45) is 5.41 Å². The normalized spacial score (nSPS) is 30.0. The van der Waals surface area contributed by atoms with Crippen molar-refractivity contribution in [2.75, 3.05) is 18.6 Å². The molecule has 1 fully saturated rings. The molecule has 1 saturated heterocycles. The summed E-state index contributed by atoms with van der Waals surface area (Å²) in [5, 5.41) is 0. The molecular weight excluding hydrogens is 176 g/mol. The third-order valence-electron chi connectivity index (χ3n) is 2.12. The van der Waals surface area contributed by atoms with E-state index in [0.29, 0.717) is 12.2 Å². The molecule has 1 unspecified atom stereocenters. The van der Waals surface area contributed by atoms with Crippen LogP contribution >= 0.6 is 11.8 Å². The molecule has 3 nitrogen and oxygen atoms in total. The number of methoxy groups -OCH3 is 1. The molecule has 0 aromatic rings. The van der Waals surface area contributed by atoms with E-state index in [9.17, 15) is 9.59 Å². The minimum absolute atomic E-state index is 0.00750. The molecule has 0 aliphatic carbocycles. The van der Waals surface area contributed by atoms with Crippen LogP contribution in [-0.4, -0.2) is 30.4 Å². The average molecular weight is 188 g/mol. The highest BCUT2D eigenvalue weighted by Crippen LogP contribution is 2.31. The van der Waals surface area contributed by atoms with E-state index in [4.69, 9.17) is 0 Å². The Hall–Kier alpha value is -0.510. The minimum atomic E-state index is -0.891. The van der Waals surface area contributed by atoms with Crippen LogP contribution in [0.2, 0.25) is 0 Å². The van der Waals surface area contributed by atoms with Crippen molar-refractivity contribution in [3.8, 4) is 0 Å². The van der Waals surface area contributed by atoms with Crippen molar-refractivity contribution < 1.29 is 14.3 Å². The van der Waals surface area contributed by atoms with Gasteiger partial charge >= 0.3 is 5.97 Å². The van der Waals surface area contributed by atoms with Crippen LogP contribution in [0.4, 0.5) is 0 Å². The van der Waals surface area contributed by atoms with Gasteiger partial charge in [0.1, 0.15) is 5.41 Å². The van der Waals surface area contributed by atoms with Crippen LogP contribution in [0.1, 0.15) is 13.3 Å². The average Bonchev–Trinajstić information content (AvgIpc) is 2.09. The number of esters is 1. The van der Waals surface area contributed by atoms with Crippen LogP contribution in [0, 0.1) is 5.41 Å². The van der Waals surface area contributed by atoms with Crippen molar-refractivity contribution >= 4 is 23.5 Å². The molecule has 1 heterocycles. The summed E-state index contributed by atoms with van der Waals surface area (Å²) in [7, 11) is 1.32. The molecule has 1 aliphatic rings. The van der Waals surface area contributed by atoms with E-state index in [1.54, 1.807) is 18.7 Å². The van der Waals surface area contributed by atoms with Gasteiger partial charge in [0.2, 0.25) is 0 Å². The van der Waals surface area contributed by atoms with Gasteiger partial charge in [-0.1, -0.05) is 0 Å². The zero-order valence-corrected chi connectivity index (χ0v) is 8.07. The highest BCUT2D eigenvalue weighted by Gasteiger charge is 2.43. The number of carbonyl (C=O) groups is 2. The van der Waals surface area contributed by atoms with Crippen LogP contribution < -0.4 is 0 Å². The first-order chi connectivity index (χ1) is 5.61. The fourth-order valence-electron chi connectivity index (χ4n) is 1.20. The van der Waals surface area contributed by atoms with Gasteiger partial charge in [-0.2, -0.15) is 11.8 Å². The number of thioether (sulfide) groups is 1. The Kier molecular flexibility index (Phi) is 2.77. The summed E-state index contributed by atoms with van der Waals surface area (Å²) in [6.07, 6.45) is 0.482. The largest absolute Gasteiger partial charge is 0.468 e. The zero-order valence-electron chi connectivity index (χ0n) is 7.25. The van der Waals surface area contributed by atoms with Crippen LogP contribution in [0.15, 0.2) is 0 Å². The van der Waals surface area contributed by atoms with E-state index in [0.717, 1.165) is 5.75 Å². The van der Waals surface area contributed by atoms with Gasteiger partial charge in [0.25, 0.3) is 0 Å². The quantitative estimate of drug-likeness (QED) is 0.452. The van der Waals surface area contributed by atoms with Crippen LogP contribution in [0.3, 0.4) is 0 Å². The number of rotatable bonds is 1. The molecule has 0 saturated carbocycles. The lowest BCUT2D eigenvalue weighted by Gasteiger charge is -2.28. The molecule has 68 valence electrons. The Morgan fingerprint density at radius 3 is 2.83 bits per heavy atom. The van der Waals surface area contributed by atoms with Gasteiger partial charge in [0.15, 0.2) is 5.78 Å². The van der Waals surface area contributed by atoms with Crippen LogP contribution in [0.25, 0.3) is 0 Å². The predicted molar refractivity (Wildman–Crippen MR) is 47.1 cm³/mol. The van der Waals surface area contributed by atoms with Gasteiger partial charge in [-0.15, -0.1) is 0 Å². The topological polar surface area (TPSA) is 43.4 Å². The number of Topliss-reactive ketones (excluding diaryl/α,β-unsaturated/α-hetero) is 1. The number of ketones is 1. The molecule has 4 heteroatoms. The van der Waals surface area contributed by atoms with E-state index in [-0.39, 0.29) is 5.78 Å². The highest BCUT2D eigenvalue weighted by atomic mass is 32.2. The summed E-state index contributed by atoms with van der Waals surface area (Å²) in [6, 6.07) is 0. The lowest BCUT2D eigenvalue weighted by molar-refractivity contribution is -0.155. The number of carbonyl (C=O) groups excluding carboxylic acids is 2. The Labute approximate surface area is 75.8 Å². The summed E-state index contributed by atoms with van der Waals surface area (Å²) in [5.74, 6) is 0.983. The van der Waals surface area contributed by atoms with E-state index in [1.165, 1.54) is 7.11 Å². The lowest BCUT2D eigenvalue weighted by Crippen LogP contribution is -2.42. The smallest absolute Gasteiger partial charge is 0.319 e. The molecule has 0 N–H and O–H groups in total. The van der Waals surface area contributed by atoms with Crippen LogP contribution in [-0.2, 0) is 14.3 Å². The third-order valence-corrected chi connectivity index (χ3v) is 3.39. The molecule has 0 aromatic carbocycles. The SMILES string of the molecule is COC(=O)C1(C)CSCCC1=O. The molecule has 0 aromatic heterocycles. The number of hydrogen-bond donors (Lipinski definition) is 0. The Bertz CT molecular complexity index is 204. The maximum absolute atomic E-state index is 11.4.